The molecule has 32 heavy (non-hydrogen) atoms. The Morgan fingerprint density at radius 1 is 1.09 bits per heavy atom. The maximum Gasteiger partial charge on any atom is 0.363 e. The van der Waals surface area contributed by atoms with Crippen LogP contribution >= 0.6 is 61.1 Å². The van der Waals surface area contributed by atoms with Crippen LogP contribution in [0.15, 0.2) is 75.8 Å². The van der Waals surface area contributed by atoms with E-state index in [1.54, 1.807) is 19.3 Å². The Morgan fingerprint density at radius 2 is 1.84 bits per heavy atom. The number of hydrogen-bond acceptors (Lipinski definition) is 5. The van der Waals surface area contributed by atoms with Gasteiger partial charge in [0.1, 0.15) is 6.61 Å². The number of benzene rings is 3. The molecule has 0 spiro atoms. The number of cyclic esters (lactones) is 1. The topological polar surface area (TPSA) is 57.1 Å². The van der Waals surface area contributed by atoms with Crippen LogP contribution in [0.2, 0.25) is 0 Å². The minimum Gasteiger partial charge on any atom is -0.493 e. The molecule has 3 aromatic carbocycles. The second-order valence-electron chi connectivity index (χ2n) is 6.76. The van der Waals surface area contributed by atoms with Crippen molar-refractivity contribution in [3.63, 3.8) is 0 Å². The van der Waals surface area contributed by atoms with Crippen LogP contribution in [0.5, 0.6) is 11.5 Å². The molecular weight excluding hydrogens is 700 g/mol. The highest BCUT2D eigenvalue weighted by Gasteiger charge is 2.24. The van der Waals surface area contributed by atoms with E-state index in [2.05, 4.69) is 66.1 Å². The van der Waals surface area contributed by atoms with E-state index in [4.69, 9.17) is 14.2 Å². The van der Waals surface area contributed by atoms with Gasteiger partial charge in [-0.15, -0.1) is 0 Å². The predicted octanol–water partition coefficient (Wildman–Crippen LogP) is 6.59. The molecule has 0 aromatic heterocycles. The third kappa shape index (κ3) is 5.34. The molecule has 0 atom stereocenters. The summed E-state index contributed by atoms with van der Waals surface area (Å²) in [6.07, 6.45) is 1.67. The minimum atomic E-state index is -0.493. The summed E-state index contributed by atoms with van der Waals surface area (Å²) < 4.78 is 19.9. The molecule has 0 radical (unpaired) electrons. The molecule has 1 aliphatic heterocycles. The molecule has 0 bridgehead atoms. The number of carbonyl (C=O) groups excluding carboxylic acids is 1. The Kier molecular flexibility index (Phi) is 7.51. The summed E-state index contributed by atoms with van der Waals surface area (Å²) in [6.45, 7) is 0.407. The van der Waals surface area contributed by atoms with Gasteiger partial charge in [-0.25, -0.2) is 9.79 Å². The number of hydrogen-bond donors (Lipinski definition) is 0. The van der Waals surface area contributed by atoms with Crippen LogP contribution in [0.4, 0.5) is 0 Å². The van der Waals surface area contributed by atoms with Crippen molar-refractivity contribution in [1.82, 2.24) is 0 Å². The monoisotopic (exact) mass is 715 g/mol. The van der Waals surface area contributed by atoms with Gasteiger partial charge in [-0.3, -0.25) is 0 Å². The number of aliphatic imine (C=N–C) groups is 1. The lowest BCUT2D eigenvalue weighted by atomic mass is 10.1. The third-order valence-electron chi connectivity index (χ3n) is 4.60. The normalized spacial score (nSPS) is 14.3. The zero-order valence-electron chi connectivity index (χ0n) is 16.8. The van der Waals surface area contributed by atoms with Crippen LogP contribution in [0.3, 0.4) is 0 Å². The Hall–Kier alpha value is -1.92. The highest BCUT2D eigenvalue weighted by atomic mass is 127. The summed E-state index contributed by atoms with van der Waals surface area (Å²) in [6, 6.07) is 19.3. The second-order valence-corrected chi connectivity index (χ2v) is 10.0. The van der Waals surface area contributed by atoms with E-state index in [0.717, 1.165) is 23.8 Å². The van der Waals surface area contributed by atoms with E-state index >= 15 is 0 Å². The SMILES string of the molecule is COc1cc(/C=C2\N=C(c3ccc(I)cc3)OC2=O)cc(Br)c1OCc1ccccc1I. The van der Waals surface area contributed by atoms with Gasteiger partial charge >= 0.3 is 5.97 Å². The Labute approximate surface area is 221 Å². The highest BCUT2D eigenvalue weighted by Crippen LogP contribution is 2.38. The van der Waals surface area contributed by atoms with Crippen LogP contribution in [0, 0.1) is 7.14 Å². The summed E-state index contributed by atoms with van der Waals surface area (Å²) >= 11 is 8.07. The van der Waals surface area contributed by atoms with Crippen molar-refractivity contribution in [2.45, 2.75) is 6.61 Å². The highest BCUT2D eigenvalue weighted by molar-refractivity contribution is 14.1. The van der Waals surface area contributed by atoms with Gasteiger partial charge in [0.05, 0.1) is 11.6 Å². The summed E-state index contributed by atoms with van der Waals surface area (Å²) in [4.78, 5) is 16.7. The van der Waals surface area contributed by atoms with Crippen LogP contribution in [0.1, 0.15) is 16.7 Å². The molecule has 0 aliphatic carbocycles. The van der Waals surface area contributed by atoms with E-state index in [0.29, 0.717) is 28.5 Å². The van der Waals surface area contributed by atoms with Gasteiger partial charge in [0, 0.05) is 18.3 Å². The smallest absolute Gasteiger partial charge is 0.363 e. The van der Waals surface area contributed by atoms with Crippen molar-refractivity contribution in [2.24, 2.45) is 4.99 Å². The fourth-order valence-corrected chi connectivity index (χ4v) is 4.49. The van der Waals surface area contributed by atoms with Gasteiger partial charge in [0.2, 0.25) is 5.90 Å². The maximum absolute atomic E-state index is 12.4. The van der Waals surface area contributed by atoms with Crippen molar-refractivity contribution in [1.29, 1.82) is 0 Å². The summed E-state index contributed by atoms with van der Waals surface area (Å²) in [5.74, 6) is 0.936. The molecule has 0 saturated carbocycles. The van der Waals surface area contributed by atoms with Crippen molar-refractivity contribution in [3.05, 3.63) is 94.7 Å². The lowest BCUT2D eigenvalue weighted by Gasteiger charge is -2.14. The van der Waals surface area contributed by atoms with E-state index in [9.17, 15) is 4.79 Å². The van der Waals surface area contributed by atoms with E-state index in [1.807, 2.05) is 54.6 Å². The van der Waals surface area contributed by atoms with Crippen molar-refractivity contribution in [2.75, 3.05) is 7.11 Å². The number of ether oxygens (including phenoxy) is 3. The first-order valence-corrected chi connectivity index (χ1v) is 12.4. The first kappa shape index (κ1) is 23.2. The summed E-state index contributed by atoms with van der Waals surface area (Å²) in [5.41, 5.74) is 2.79. The number of methoxy groups -OCH3 is 1. The predicted molar refractivity (Wildman–Crippen MR) is 144 cm³/mol. The van der Waals surface area contributed by atoms with Gasteiger partial charge in [-0.2, -0.15) is 0 Å². The van der Waals surface area contributed by atoms with Gasteiger partial charge in [0.15, 0.2) is 17.2 Å². The van der Waals surface area contributed by atoms with Crippen LogP contribution in [-0.4, -0.2) is 19.0 Å². The molecular formula is C24H16BrI2NO4. The quantitative estimate of drug-likeness (QED) is 0.164. The first-order valence-electron chi connectivity index (χ1n) is 9.47. The van der Waals surface area contributed by atoms with Crippen LogP contribution in [0.25, 0.3) is 6.08 Å². The Balaban J connectivity index is 1.59. The molecule has 8 heteroatoms. The van der Waals surface area contributed by atoms with Gasteiger partial charge in [-0.1, -0.05) is 18.2 Å². The molecule has 0 unspecified atom stereocenters. The van der Waals surface area contributed by atoms with Crippen LogP contribution < -0.4 is 9.47 Å². The summed E-state index contributed by atoms with van der Waals surface area (Å²) in [5, 5.41) is 0. The maximum atomic E-state index is 12.4. The largest absolute Gasteiger partial charge is 0.493 e. The third-order valence-corrected chi connectivity index (χ3v) is 6.96. The second kappa shape index (κ2) is 10.3. The van der Waals surface area contributed by atoms with Crippen molar-refractivity contribution < 1.29 is 19.0 Å². The average molecular weight is 716 g/mol. The number of nitrogens with zero attached hydrogens (tertiary/aromatic N) is 1. The summed E-state index contributed by atoms with van der Waals surface area (Å²) in [7, 11) is 1.58. The molecule has 0 amide bonds. The molecule has 0 saturated heterocycles. The molecule has 5 nitrogen and oxygen atoms in total. The van der Waals surface area contributed by atoms with E-state index < -0.39 is 5.97 Å². The number of rotatable bonds is 6. The van der Waals surface area contributed by atoms with Crippen LogP contribution in [-0.2, 0) is 16.1 Å². The zero-order valence-corrected chi connectivity index (χ0v) is 22.7. The standard InChI is InChI=1S/C24H16BrI2NO4/c1-30-21-12-14(10-18(25)22(21)31-13-16-4-2-3-5-19(16)27)11-20-24(29)32-23(28-20)15-6-8-17(26)9-7-15/h2-12H,13H2,1H3/b20-11-. The van der Waals surface area contributed by atoms with E-state index in [-0.39, 0.29) is 5.70 Å². The average Bonchev–Trinajstić information content (AvgIpc) is 3.14. The molecule has 3 aromatic rings. The van der Waals surface area contributed by atoms with Gasteiger partial charge in [-0.05, 0) is 115 Å². The molecule has 0 fully saturated rings. The van der Waals surface area contributed by atoms with Gasteiger partial charge < -0.3 is 14.2 Å². The lowest BCUT2D eigenvalue weighted by molar-refractivity contribution is -0.129. The fourth-order valence-electron chi connectivity index (χ4n) is 3.01. The first-order chi connectivity index (χ1) is 15.4. The van der Waals surface area contributed by atoms with Crippen molar-refractivity contribution >= 4 is 79.1 Å². The molecule has 4 rings (SSSR count). The minimum absolute atomic E-state index is 0.222. The van der Waals surface area contributed by atoms with Gasteiger partial charge in [0.25, 0.3) is 0 Å². The Bertz CT molecular complexity index is 1240. The Morgan fingerprint density at radius 3 is 2.56 bits per heavy atom. The number of esters is 1. The fraction of sp³-hybridized carbons (Fsp3) is 0.0833. The number of carbonyl (C=O) groups is 1. The zero-order chi connectivity index (χ0) is 22.7. The van der Waals surface area contributed by atoms with Crippen molar-refractivity contribution in [3.8, 4) is 11.5 Å². The molecule has 0 N–H and O–H groups in total. The molecule has 162 valence electrons. The number of halogens is 3. The lowest BCUT2D eigenvalue weighted by Crippen LogP contribution is -2.05. The van der Waals surface area contributed by atoms with E-state index in [1.165, 1.54) is 0 Å². The molecule has 1 aliphatic rings. The molecule has 1 heterocycles.